The van der Waals surface area contributed by atoms with Crippen molar-refractivity contribution in [3.05, 3.63) is 71.0 Å². The normalized spacial score (nSPS) is 15.6. The van der Waals surface area contributed by atoms with Gasteiger partial charge in [-0.1, -0.05) is 41.1 Å². The second-order valence-corrected chi connectivity index (χ2v) is 10.7. The average molecular weight is 498 g/mol. The molecule has 1 aliphatic heterocycles. The van der Waals surface area contributed by atoms with Crippen LogP contribution < -0.4 is 5.32 Å². The maximum Gasteiger partial charge on any atom is 0.248 e. The van der Waals surface area contributed by atoms with Gasteiger partial charge < -0.3 is 14.3 Å². The van der Waals surface area contributed by atoms with E-state index in [1.54, 1.807) is 25.3 Å². The predicted molar refractivity (Wildman–Crippen MR) is 133 cm³/mol. The number of aromatic nitrogens is 1. The minimum absolute atomic E-state index is 0.0237. The number of nitrogens with zero attached hydrogens (tertiary/aromatic N) is 2. The lowest BCUT2D eigenvalue weighted by Gasteiger charge is -2.30. The molecule has 3 aromatic rings. The minimum Gasteiger partial charge on any atom is -0.469 e. The van der Waals surface area contributed by atoms with Gasteiger partial charge >= 0.3 is 0 Å². The van der Waals surface area contributed by atoms with Crippen LogP contribution in [0.3, 0.4) is 0 Å². The van der Waals surface area contributed by atoms with E-state index in [9.17, 15) is 13.2 Å². The van der Waals surface area contributed by atoms with Crippen molar-refractivity contribution in [3.63, 3.8) is 0 Å². The fourth-order valence-electron chi connectivity index (χ4n) is 4.21. The molecule has 9 heteroatoms. The third-order valence-electron chi connectivity index (χ3n) is 6.24. The highest BCUT2D eigenvalue weighted by atomic mass is 32.2. The summed E-state index contributed by atoms with van der Waals surface area (Å²) in [5.74, 6) is 0.883. The van der Waals surface area contributed by atoms with Crippen LogP contribution in [0, 0.1) is 19.8 Å². The highest BCUT2D eigenvalue weighted by Gasteiger charge is 2.35. The van der Waals surface area contributed by atoms with Crippen LogP contribution in [0.2, 0.25) is 0 Å². The van der Waals surface area contributed by atoms with Gasteiger partial charge in [-0.05, 0) is 56.9 Å². The van der Waals surface area contributed by atoms with Gasteiger partial charge in [-0.2, -0.15) is 4.31 Å². The molecule has 8 nitrogen and oxygen atoms in total. The van der Waals surface area contributed by atoms with Crippen molar-refractivity contribution < 1.29 is 22.2 Å². The zero-order valence-electron chi connectivity index (χ0n) is 20.1. The molecule has 0 spiro atoms. The van der Waals surface area contributed by atoms with Gasteiger partial charge in [-0.3, -0.25) is 4.79 Å². The van der Waals surface area contributed by atoms with Crippen molar-refractivity contribution in [2.45, 2.75) is 44.4 Å². The molecule has 1 aliphatic rings. The zero-order valence-corrected chi connectivity index (χ0v) is 20.9. The molecule has 35 heavy (non-hydrogen) atoms. The topological polar surface area (TPSA) is 106 Å². The van der Waals surface area contributed by atoms with Crippen LogP contribution in [0.25, 0.3) is 12.2 Å². The molecule has 186 valence electrons. The van der Waals surface area contributed by atoms with Gasteiger partial charge in [-0.15, -0.1) is 0 Å². The lowest BCUT2D eigenvalue weighted by atomic mass is 9.97. The van der Waals surface area contributed by atoms with Gasteiger partial charge in [0.15, 0.2) is 10.7 Å². The highest BCUT2D eigenvalue weighted by molar-refractivity contribution is 7.89. The largest absolute Gasteiger partial charge is 0.469 e. The number of hydrogen-bond donors (Lipinski definition) is 1. The van der Waals surface area contributed by atoms with Crippen molar-refractivity contribution in [3.8, 4) is 0 Å². The van der Waals surface area contributed by atoms with Gasteiger partial charge in [0.1, 0.15) is 11.5 Å². The molecule has 1 aromatic carbocycles. The van der Waals surface area contributed by atoms with E-state index in [4.69, 9.17) is 8.94 Å². The van der Waals surface area contributed by atoms with E-state index in [0.717, 1.165) is 29.7 Å². The molecular weight excluding hydrogens is 466 g/mol. The molecule has 0 bridgehead atoms. The number of furan rings is 1. The summed E-state index contributed by atoms with van der Waals surface area (Å²) in [4.78, 5) is 12.6. The van der Waals surface area contributed by atoms with Crippen LogP contribution in [0.15, 0.2) is 56.5 Å². The summed E-state index contributed by atoms with van der Waals surface area (Å²) in [6.07, 6.45) is 7.59. The number of piperidine rings is 1. The lowest BCUT2D eigenvalue weighted by Crippen LogP contribution is -2.43. The van der Waals surface area contributed by atoms with Gasteiger partial charge in [0.2, 0.25) is 15.9 Å². The summed E-state index contributed by atoms with van der Waals surface area (Å²) in [6.45, 7) is 4.75. The van der Waals surface area contributed by atoms with E-state index in [1.165, 1.54) is 4.31 Å². The third kappa shape index (κ3) is 6.10. The molecule has 1 N–H and O–H groups in total. The molecule has 0 aliphatic carbocycles. The summed E-state index contributed by atoms with van der Waals surface area (Å²) in [5, 5.41) is 6.87. The molecule has 1 amide bonds. The van der Waals surface area contributed by atoms with Crippen LogP contribution in [-0.2, 0) is 21.2 Å². The maximum absolute atomic E-state index is 13.4. The van der Waals surface area contributed by atoms with Crippen molar-refractivity contribution >= 4 is 28.1 Å². The number of amides is 1. The van der Waals surface area contributed by atoms with Crippen molar-refractivity contribution in [1.82, 2.24) is 14.8 Å². The number of hydrogen-bond acceptors (Lipinski definition) is 6. The first-order chi connectivity index (χ1) is 16.8. The third-order valence-corrected chi connectivity index (χ3v) is 8.30. The molecule has 0 radical (unpaired) electrons. The van der Waals surface area contributed by atoms with Crippen LogP contribution >= 0.6 is 0 Å². The Balaban J connectivity index is 1.34. The minimum atomic E-state index is -3.80. The SMILES string of the molecule is Cc1ccc(/C=C/c2onc(C)c2S(=O)(=O)N2CCC(C(=O)NCCCc3ccco3)CC2)cc1. The molecule has 1 fully saturated rings. The van der Waals surface area contributed by atoms with E-state index in [1.807, 2.05) is 43.3 Å². The van der Waals surface area contributed by atoms with E-state index < -0.39 is 10.0 Å². The summed E-state index contributed by atoms with van der Waals surface area (Å²) in [6, 6.07) is 11.6. The number of sulfonamides is 1. The molecule has 0 atom stereocenters. The second kappa shape index (κ2) is 11.0. The summed E-state index contributed by atoms with van der Waals surface area (Å²) < 4.78 is 38.9. The molecule has 2 aromatic heterocycles. The molecular formula is C26H31N3O5S. The van der Waals surface area contributed by atoms with Gasteiger partial charge in [-0.25, -0.2) is 8.42 Å². The molecule has 0 unspecified atom stereocenters. The Kier molecular flexibility index (Phi) is 7.87. The average Bonchev–Trinajstić information content (AvgIpc) is 3.51. The Morgan fingerprint density at radius 2 is 1.89 bits per heavy atom. The van der Waals surface area contributed by atoms with Crippen molar-refractivity contribution in [2.24, 2.45) is 5.92 Å². The quantitative estimate of drug-likeness (QED) is 0.444. The van der Waals surface area contributed by atoms with Gasteiger partial charge in [0.05, 0.1) is 6.26 Å². The van der Waals surface area contributed by atoms with Crippen LogP contribution in [0.5, 0.6) is 0 Å². The Bertz CT molecular complexity index is 1250. The zero-order chi connectivity index (χ0) is 24.8. The van der Waals surface area contributed by atoms with Gasteiger partial charge in [0.25, 0.3) is 0 Å². The maximum atomic E-state index is 13.4. The predicted octanol–water partition coefficient (Wildman–Crippen LogP) is 4.20. The highest BCUT2D eigenvalue weighted by Crippen LogP contribution is 2.29. The summed E-state index contributed by atoms with van der Waals surface area (Å²) >= 11 is 0. The molecule has 0 saturated carbocycles. The first-order valence-corrected chi connectivity index (χ1v) is 13.3. The van der Waals surface area contributed by atoms with Crippen molar-refractivity contribution in [1.29, 1.82) is 0 Å². The van der Waals surface area contributed by atoms with E-state index >= 15 is 0 Å². The number of rotatable bonds is 9. The van der Waals surface area contributed by atoms with E-state index in [2.05, 4.69) is 10.5 Å². The number of benzene rings is 1. The smallest absolute Gasteiger partial charge is 0.248 e. The fourth-order valence-corrected chi connectivity index (χ4v) is 5.93. The molecule has 1 saturated heterocycles. The summed E-state index contributed by atoms with van der Waals surface area (Å²) in [5.41, 5.74) is 2.40. The number of aryl methyl sites for hydroxylation is 3. The first kappa shape index (κ1) is 24.9. The van der Waals surface area contributed by atoms with E-state index in [-0.39, 0.29) is 35.6 Å². The Morgan fingerprint density at radius 1 is 1.14 bits per heavy atom. The Hall–Kier alpha value is -3.17. The second-order valence-electron chi connectivity index (χ2n) is 8.86. The van der Waals surface area contributed by atoms with Gasteiger partial charge in [0, 0.05) is 32.0 Å². The Morgan fingerprint density at radius 3 is 2.57 bits per heavy atom. The van der Waals surface area contributed by atoms with Crippen LogP contribution in [-0.4, -0.2) is 43.4 Å². The fraction of sp³-hybridized carbons (Fsp3) is 0.385. The Labute approximate surface area is 206 Å². The molecule has 4 rings (SSSR count). The lowest BCUT2D eigenvalue weighted by molar-refractivity contribution is -0.126. The number of carbonyl (C=O) groups excluding carboxylic acids is 1. The first-order valence-electron chi connectivity index (χ1n) is 11.9. The van der Waals surface area contributed by atoms with Crippen molar-refractivity contribution in [2.75, 3.05) is 19.6 Å². The number of carbonyl (C=O) groups is 1. The molecule has 3 heterocycles. The standard InChI is InChI=1S/C26H31N3O5S/c1-19-7-9-21(10-8-19)11-12-24-25(20(2)28-34-24)35(31,32)29-16-13-22(14-17-29)26(30)27-15-3-5-23-6-4-18-33-23/h4,6-12,18,22H,3,5,13-17H2,1-2H3,(H,27,30)/b12-11+. The van der Waals surface area contributed by atoms with Crippen LogP contribution in [0.4, 0.5) is 0 Å². The monoisotopic (exact) mass is 497 g/mol. The number of nitrogens with one attached hydrogen (secondary N) is 1. The summed E-state index contributed by atoms with van der Waals surface area (Å²) in [7, 11) is -3.80. The van der Waals surface area contributed by atoms with E-state index in [0.29, 0.717) is 25.1 Å². The van der Waals surface area contributed by atoms with Crippen LogP contribution in [0.1, 0.15) is 47.6 Å².